The molecule has 2 heteroatoms. The number of hydrogen-bond donors (Lipinski definition) is 0. The molecular weight excluding hydrogens is 225 g/mol. The molecule has 0 bridgehead atoms. The van der Waals surface area contributed by atoms with Crippen LogP contribution in [0.3, 0.4) is 0 Å². The molecule has 0 saturated heterocycles. The molecule has 1 radical (unpaired) electrons. The van der Waals surface area contributed by atoms with E-state index >= 15 is 0 Å². The van der Waals surface area contributed by atoms with Gasteiger partial charge in [-0.3, -0.25) is 0 Å². The molecule has 0 aromatic rings. The monoisotopic (exact) mass is 246 g/mol. The van der Waals surface area contributed by atoms with Gasteiger partial charge in [0.15, 0.2) is 0 Å². The standard InChI is InChI=1S/C9H17O.CH4.Y/c1-6-7(2)8(10)9(3,4)5;;/h6H2,1-5H3;1H4;/q-1;;. The fraction of sp³-hybridized carbons (Fsp3) is 0.800. The fourth-order valence-electron chi connectivity index (χ4n) is 0.801. The smallest absolute Gasteiger partial charge is 0.00665 e. The molecule has 0 amide bonds. The van der Waals surface area contributed by atoms with Crippen molar-refractivity contribution < 1.29 is 37.5 Å². The summed E-state index contributed by atoms with van der Waals surface area (Å²) in [5, 5.41) is 0. The number of ketones is 1. The van der Waals surface area contributed by atoms with E-state index in [0.29, 0.717) is 0 Å². The minimum absolute atomic E-state index is 0. The second-order valence-corrected chi connectivity index (χ2v) is 3.71. The van der Waals surface area contributed by atoms with Crippen molar-refractivity contribution in [3.05, 3.63) is 5.92 Å². The summed E-state index contributed by atoms with van der Waals surface area (Å²) in [4.78, 5) is 11.4. The van der Waals surface area contributed by atoms with E-state index in [1.807, 2.05) is 34.6 Å². The zero-order chi connectivity index (χ0) is 8.36. The zero-order valence-electron chi connectivity index (χ0n) is 8.19. The van der Waals surface area contributed by atoms with E-state index in [-0.39, 0.29) is 51.3 Å². The summed E-state index contributed by atoms with van der Waals surface area (Å²) >= 11 is 0. The van der Waals surface area contributed by atoms with Gasteiger partial charge in [-0.1, -0.05) is 35.1 Å². The molecule has 0 fully saturated rings. The Labute approximate surface area is 103 Å². The molecule has 0 aromatic carbocycles. The molecule has 0 rings (SSSR count). The van der Waals surface area contributed by atoms with Crippen LogP contribution in [0.15, 0.2) is 0 Å². The maximum absolute atomic E-state index is 11.4. The Kier molecular flexibility index (Phi) is 10.9. The van der Waals surface area contributed by atoms with Crippen LogP contribution in [0.4, 0.5) is 0 Å². The minimum atomic E-state index is -0.194. The predicted molar refractivity (Wildman–Crippen MR) is 50.4 cm³/mol. The van der Waals surface area contributed by atoms with Crippen LogP contribution in [0, 0.1) is 11.3 Å². The van der Waals surface area contributed by atoms with E-state index in [9.17, 15) is 4.79 Å². The van der Waals surface area contributed by atoms with Gasteiger partial charge in [-0.2, -0.15) is 13.3 Å². The van der Waals surface area contributed by atoms with Gasteiger partial charge < -0.3 is 10.7 Å². The van der Waals surface area contributed by atoms with Crippen LogP contribution in [0.25, 0.3) is 0 Å². The van der Waals surface area contributed by atoms with Gasteiger partial charge in [0.2, 0.25) is 0 Å². The second-order valence-electron chi connectivity index (χ2n) is 3.71. The molecule has 1 nitrogen and oxygen atoms in total. The Bertz CT molecular complexity index is 124. The van der Waals surface area contributed by atoms with Crippen molar-refractivity contribution in [3.8, 4) is 0 Å². The summed E-state index contributed by atoms with van der Waals surface area (Å²) < 4.78 is 0. The minimum Gasteiger partial charge on any atom is -0.334 e. The normalized spacial score (nSPS) is 9.42. The third kappa shape index (κ3) is 6.19. The van der Waals surface area contributed by atoms with Gasteiger partial charge in [-0.25, -0.2) is 0 Å². The first-order valence-electron chi connectivity index (χ1n) is 3.76. The third-order valence-corrected chi connectivity index (χ3v) is 1.60. The Morgan fingerprint density at radius 1 is 1.33 bits per heavy atom. The molecule has 0 aromatic heterocycles. The van der Waals surface area contributed by atoms with Crippen LogP contribution >= 0.6 is 0 Å². The summed E-state index contributed by atoms with van der Waals surface area (Å²) in [5.41, 5.74) is -0.194. The molecule has 0 atom stereocenters. The van der Waals surface area contributed by atoms with Crippen LogP contribution in [-0.4, -0.2) is 5.78 Å². The van der Waals surface area contributed by atoms with E-state index in [2.05, 4.69) is 0 Å². The molecule has 12 heavy (non-hydrogen) atoms. The van der Waals surface area contributed by atoms with Crippen molar-refractivity contribution in [1.82, 2.24) is 0 Å². The van der Waals surface area contributed by atoms with Crippen molar-refractivity contribution in [2.24, 2.45) is 5.41 Å². The van der Waals surface area contributed by atoms with Crippen molar-refractivity contribution in [3.63, 3.8) is 0 Å². The third-order valence-electron chi connectivity index (χ3n) is 1.60. The first kappa shape index (κ1) is 18.4. The number of carbonyl (C=O) groups is 1. The summed E-state index contributed by atoms with van der Waals surface area (Å²) in [6, 6.07) is 0. The summed E-state index contributed by atoms with van der Waals surface area (Å²) in [5.74, 6) is 1.27. The van der Waals surface area contributed by atoms with Crippen molar-refractivity contribution in [2.75, 3.05) is 0 Å². The van der Waals surface area contributed by atoms with Gasteiger partial charge in [0.25, 0.3) is 0 Å². The molecule has 71 valence electrons. The Morgan fingerprint density at radius 3 is 1.75 bits per heavy atom. The largest absolute Gasteiger partial charge is 0.334 e. The van der Waals surface area contributed by atoms with Crippen molar-refractivity contribution in [2.45, 2.75) is 48.5 Å². The van der Waals surface area contributed by atoms with Crippen LogP contribution in [-0.2, 0) is 37.5 Å². The number of rotatable bonds is 2. The number of carbonyl (C=O) groups excluding carboxylic acids is 1. The van der Waals surface area contributed by atoms with Crippen LogP contribution in [0.1, 0.15) is 48.5 Å². The predicted octanol–water partition coefficient (Wildman–Crippen LogP) is 3.24. The average molecular weight is 246 g/mol. The molecule has 0 saturated carbocycles. The molecule has 0 aliphatic heterocycles. The fourth-order valence-corrected chi connectivity index (χ4v) is 0.801. The van der Waals surface area contributed by atoms with Crippen LogP contribution in [0.2, 0.25) is 0 Å². The van der Waals surface area contributed by atoms with Gasteiger partial charge in [-0.05, 0) is 5.41 Å². The van der Waals surface area contributed by atoms with E-state index in [1.54, 1.807) is 0 Å². The first-order valence-corrected chi connectivity index (χ1v) is 3.76. The molecule has 0 spiro atoms. The Balaban J connectivity index is -0.000000405. The van der Waals surface area contributed by atoms with Gasteiger partial charge in [0, 0.05) is 38.5 Å². The Hall–Kier alpha value is 0.644. The molecule has 0 aliphatic carbocycles. The summed E-state index contributed by atoms with van der Waals surface area (Å²) in [7, 11) is 0. The van der Waals surface area contributed by atoms with Crippen LogP contribution < -0.4 is 0 Å². The van der Waals surface area contributed by atoms with E-state index in [0.717, 1.165) is 12.3 Å². The zero-order valence-corrected chi connectivity index (χ0v) is 11.0. The van der Waals surface area contributed by atoms with Crippen LogP contribution in [0.5, 0.6) is 0 Å². The van der Waals surface area contributed by atoms with Gasteiger partial charge >= 0.3 is 0 Å². The quantitative estimate of drug-likeness (QED) is 0.683. The van der Waals surface area contributed by atoms with Gasteiger partial charge in [0.1, 0.15) is 0 Å². The van der Waals surface area contributed by atoms with Gasteiger partial charge in [-0.15, -0.1) is 0 Å². The first-order chi connectivity index (χ1) is 4.39. The van der Waals surface area contributed by atoms with Gasteiger partial charge in [0.05, 0.1) is 0 Å². The maximum atomic E-state index is 11.4. The number of hydrogen-bond acceptors (Lipinski definition) is 1. The Morgan fingerprint density at radius 2 is 1.67 bits per heavy atom. The van der Waals surface area contributed by atoms with Crippen molar-refractivity contribution in [1.29, 1.82) is 0 Å². The average Bonchev–Trinajstić information content (AvgIpc) is 1.83. The SMILES string of the molecule is C.CC[C-](C)C(=O)C(C)(C)C.[Y]. The maximum Gasteiger partial charge on any atom is 0.00665 e. The van der Waals surface area contributed by atoms with E-state index in [4.69, 9.17) is 0 Å². The van der Waals surface area contributed by atoms with Crippen molar-refractivity contribution >= 4 is 5.78 Å². The topological polar surface area (TPSA) is 17.1 Å². The van der Waals surface area contributed by atoms with E-state index in [1.165, 1.54) is 0 Å². The molecule has 0 N–H and O–H groups in total. The summed E-state index contributed by atoms with van der Waals surface area (Å²) in [6.45, 7) is 9.78. The molecular formula is C10H21OY-. The second kappa shape index (κ2) is 7.09. The van der Waals surface area contributed by atoms with E-state index < -0.39 is 0 Å². The number of Topliss-reactive ketones (excluding diaryl/α,β-unsaturated/α-hetero) is 1. The molecule has 0 heterocycles. The molecule has 0 aliphatic rings. The molecule has 0 unspecified atom stereocenters. The summed E-state index contributed by atoms with van der Waals surface area (Å²) in [6.07, 6.45) is 0.871.